The van der Waals surface area contributed by atoms with Gasteiger partial charge in [-0.1, -0.05) is 0 Å². The predicted molar refractivity (Wildman–Crippen MR) is 166 cm³/mol. The number of hydrogen-bond acceptors (Lipinski definition) is 2. The number of esters is 1. The molecule has 0 saturated heterocycles. The van der Waals surface area contributed by atoms with Crippen molar-refractivity contribution in [1.29, 1.82) is 0 Å². The Balaban J connectivity index is 4.27. The molecule has 0 spiro atoms. The average molecular weight is 896 g/mol. The monoisotopic (exact) mass is 900 g/mol. The van der Waals surface area contributed by atoms with Crippen molar-refractivity contribution in [3.05, 3.63) is 32.0 Å². The zero-order chi connectivity index (χ0) is 27.1. The molecule has 0 radical (unpaired) electrons. The SMILES string of the molecule is CC(=O)Oc1c(C=[C]([Sn]([CH3])([CH3])[CH3])[Sn]([CH3])([CH3])[CH3])cc(C(C)(C)C)cc1C=[C]([Sn]([CH3])([CH3])[CH3])[Sn]([CH3])([CH3])[CH3]. The van der Waals surface area contributed by atoms with Crippen LogP contribution in [0.5, 0.6) is 5.75 Å². The van der Waals surface area contributed by atoms with Crippen molar-refractivity contribution in [3.63, 3.8) is 0 Å². The molecule has 0 aliphatic rings. The second-order valence-corrected chi connectivity index (χ2v) is 80.6. The maximum absolute atomic E-state index is 12.3. The van der Waals surface area contributed by atoms with Gasteiger partial charge >= 0.3 is 231 Å². The molecule has 0 fully saturated rings. The fraction of sp³-hybridized carbons (Fsp3) is 0.607. The molecular weight excluding hydrogens is 843 g/mol. The van der Waals surface area contributed by atoms with E-state index in [1.165, 1.54) is 5.56 Å². The molecule has 0 heterocycles. The Morgan fingerprint density at radius 1 is 0.676 bits per heavy atom. The van der Waals surface area contributed by atoms with E-state index in [1.807, 2.05) is 0 Å². The van der Waals surface area contributed by atoms with Gasteiger partial charge in [-0.15, -0.1) is 0 Å². The summed E-state index contributed by atoms with van der Waals surface area (Å²) in [5.41, 5.74) is 3.58. The van der Waals surface area contributed by atoms with Crippen LogP contribution in [0.3, 0.4) is 0 Å². The number of carbonyl (C=O) groups excluding carboxylic acids is 1. The molecule has 2 nitrogen and oxygen atoms in total. The Bertz CT molecular complexity index is 873. The molecule has 0 atom stereocenters. The summed E-state index contributed by atoms with van der Waals surface area (Å²) in [6.07, 6.45) is 4.97. The summed E-state index contributed by atoms with van der Waals surface area (Å²) in [5.74, 6) is 0.556. The molecule has 0 N–H and O–H groups in total. The normalized spacial score (nSPS) is 13.4. The van der Waals surface area contributed by atoms with Crippen LogP contribution in [0.1, 0.15) is 44.4 Å². The molecule has 0 aromatic heterocycles. The van der Waals surface area contributed by atoms with Crippen molar-refractivity contribution in [2.45, 2.75) is 92.4 Å². The molecule has 1 aromatic carbocycles. The summed E-state index contributed by atoms with van der Waals surface area (Å²) < 4.78 is 9.60. The summed E-state index contributed by atoms with van der Waals surface area (Å²) >= 11 is -9.38. The standard InChI is InChI=1S/C16H16O2.12CH3.4Sn/c1-7-12-9-14(16(4,5)6)10-13(8-2)15(12)18-11(3)17;;;;;;;;;;;;;;;;/h7-10H,3-6H3;12*1H3;;;;. The molecule has 0 aliphatic heterocycles. The maximum atomic E-state index is 12.3. The summed E-state index contributed by atoms with van der Waals surface area (Å²) in [5, 5.41) is 0. The number of hydrogen-bond donors (Lipinski definition) is 0. The molecule has 0 saturated carbocycles. The number of carbonyl (C=O) groups is 1. The van der Waals surface area contributed by atoms with Gasteiger partial charge in [0.1, 0.15) is 0 Å². The van der Waals surface area contributed by atoms with Gasteiger partial charge in [0.05, 0.1) is 0 Å². The van der Waals surface area contributed by atoms with Crippen LogP contribution in [0.2, 0.25) is 59.3 Å². The summed E-state index contributed by atoms with van der Waals surface area (Å²) in [7, 11) is 0. The van der Waals surface area contributed by atoms with Crippen LogP contribution in [0.4, 0.5) is 0 Å². The third-order valence-electron chi connectivity index (χ3n) is 6.09. The third-order valence-corrected chi connectivity index (χ3v) is 83.6. The van der Waals surface area contributed by atoms with Crippen LogP contribution < -0.4 is 4.74 Å². The van der Waals surface area contributed by atoms with E-state index < -0.39 is 73.5 Å². The van der Waals surface area contributed by atoms with Gasteiger partial charge in [0.25, 0.3) is 0 Å². The van der Waals surface area contributed by atoms with Gasteiger partial charge in [-0.05, 0) is 0 Å². The van der Waals surface area contributed by atoms with E-state index in [4.69, 9.17) is 4.74 Å². The summed E-state index contributed by atoms with van der Waals surface area (Å²) in [4.78, 5) is 42.7. The van der Waals surface area contributed by atoms with Gasteiger partial charge in [-0.2, -0.15) is 0 Å². The van der Waals surface area contributed by atoms with Crippen molar-refractivity contribution >= 4 is 91.6 Å². The van der Waals surface area contributed by atoms with E-state index in [0.717, 1.165) is 16.9 Å². The van der Waals surface area contributed by atoms with E-state index in [0.29, 0.717) is 0 Å². The van der Waals surface area contributed by atoms with Crippen LogP contribution in [-0.2, 0) is 10.2 Å². The van der Waals surface area contributed by atoms with E-state index in [-0.39, 0.29) is 11.4 Å². The zero-order valence-corrected chi connectivity index (χ0v) is 36.5. The van der Waals surface area contributed by atoms with Crippen molar-refractivity contribution in [2.24, 2.45) is 0 Å². The Hall–Kier alpha value is 1.36. The van der Waals surface area contributed by atoms with Crippen LogP contribution in [0, 0.1) is 0 Å². The average Bonchev–Trinajstić information content (AvgIpc) is 2.53. The van der Waals surface area contributed by atoms with Gasteiger partial charge in [0.15, 0.2) is 0 Å². The zero-order valence-electron chi connectivity index (χ0n) is 25.1. The van der Waals surface area contributed by atoms with E-state index in [2.05, 4.69) is 104 Å². The number of rotatable bonds is 7. The minimum absolute atomic E-state index is 0.0201. The third kappa shape index (κ3) is 9.92. The van der Waals surface area contributed by atoms with Crippen molar-refractivity contribution < 1.29 is 9.53 Å². The van der Waals surface area contributed by atoms with Crippen molar-refractivity contribution in [3.8, 4) is 5.75 Å². The van der Waals surface area contributed by atoms with Crippen molar-refractivity contribution in [1.82, 2.24) is 0 Å². The quantitative estimate of drug-likeness (QED) is 0.155. The Kier molecular flexibility index (Phi) is 11.4. The number of benzene rings is 1. The second kappa shape index (κ2) is 11.6. The Morgan fingerprint density at radius 3 is 1.18 bits per heavy atom. The van der Waals surface area contributed by atoms with Gasteiger partial charge in [-0.25, -0.2) is 0 Å². The minimum atomic E-state index is -2.34. The first-order valence-electron chi connectivity index (χ1n) is 12.7. The fourth-order valence-corrected chi connectivity index (χ4v) is 111. The molecule has 6 heteroatoms. The first-order valence-corrected chi connectivity index (χ1v) is 52.6. The van der Waals surface area contributed by atoms with E-state index >= 15 is 0 Å². The van der Waals surface area contributed by atoms with E-state index in [9.17, 15) is 4.79 Å². The van der Waals surface area contributed by atoms with Gasteiger partial charge in [-0.3, -0.25) is 0 Å². The molecule has 0 aliphatic carbocycles. The summed E-state index contributed by atoms with van der Waals surface area (Å²) in [6.45, 7) is 8.40. The van der Waals surface area contributed by atoms with Gasteiger partial charge in [0, 0.05) is 0 Å². The Morgan fingerprint density at radius 2 is 0.971 bits per heavy atom. The first kappa shape index (κ1) is 33.4. The first-order chi connectivity index (χ1) is 14.8. The second-order valence-electron chi connectivity index (χ2n) is 14.9. The van der Waals surface area contributed by atoms with E-state index in [1.54, 1.807) is 10.1 Å². The molecular formula is C28H52O2Sn4. The molecule has 192 valence electrons. The van der Waals surface area contributed by atoms with Crippen LogP contribution in [0.25, 0.3) is 12.2 Å². The summed E-state index contributed by atoms with van der Waals surface area (Å²) in [6, 6.07) is 4.62. The molecule has 0 unspecified atom stereocenters. The molecule has 0 bridgehead atoms. The molecule has 1 aromatic rings. The Labute approximate surface area is 228 Å². The van der Waals surface area contributed by atoms with Crippen LogP contribution >= 0.6 is 0 Å². The topological polar surface area (TPSA) is 26.3 Å². The predicted octanol–water partition coefficient (Wildman–Crippen LogP) is 9.19. The number of ether oxygens (including phenoxy) is 1. The fourth-order valence-electron chi connectivity index (χ4n) is 5.01. The van der Waals surface area contributed by atoms with Crippen LogP contribution in [-0.4, -0.2) is 79.5 Å². The van der Waals surface area contributed by atoms with Gasteiger partial charge in [0.2, 0.25) is 0 Å². The van der Waals surface area contributed by atoms with Crippen molar-refractivity contribution in [2.75, 3.05) is 0 Å². The van der Waals surface area contributed by atoms with Crippen LogP contribution in [0.15, 0.2) is 15.3 Å². The molecule has 0 amide bonds. The van der Waals surface area contributed by atoms with Gasteiger partial charge < -0.3 is 0 Å². The molecule has 1 rings (SSSR count). The molecule has 34 heavy (non-hydrogen) atoms.